The third kappa shape index (κ3) is 2.96. The van der Waals surface area contributed by atoms with Crippen molar-refractivity contribution >= 4 is 17.3 Å². The number of carboxylic acids is 1. The maximum atomic E-state index is 13.5. The highest BCUT2D eigenvalue weighted by molar-refractivity contribution is 5.90. The minimum atomic E-state index is -1.50. The molecule has 0 spiro atoms. The SMILES string of the molecule is Cn1ccnc1CNc1cc(C(=O)O)c(F)cc1[N+](=O)[O-]. The van der Waals surface area contributed by atoms with Crippen molar-refractivity contribution in [3.05, 3.63) is 51.8 Å². The van der Waals surface area contributed by atoms with E-state index >= 15 is 0 Å². The second-order valence-corrected chi connectivity index (χ2v) is 4.22. The van der Waals surface area contributed by atoms with E-state index in [1.54, 1.807) is 24.0 Å². The van der Waals surface area contributed by atoms with E-state index in [1.807, 2.05) is 0 Å². The summed E-state index contributed by atoms with van der Waals surface area (Å²) in [6.07, 6.45) is 3.25. The highest BCUT2D eigenvalue weighted by Crippen LogP contribution is 2.28. The molecule has 0 aliphatic rings. The maximum absolute atomic E-state index is 13.5. The minimum Gasteiger partial charge on any atom is -0.478 e. The van der Waals surface area contributed by atoms with Crippen molar-refractivity contribution in [2.75, 3.05) is 5.32 Å². The van der Waals surface area contributed by atoms with Gasteiger partial charge in [-0.15, -0.1) is 0 Å². The van der Waals surface area contributed by atoms with Crippen LogP contribution < -0.4 is 5.32 Å². The number of imidazole rings is 1. The Morgan fingerprint density at radius 2 is 2.29 bits per heavy atom. The van der Waals surface area contributed by atoms with Crippen LogP contribution >= 0.6 is 0 Å². The molecule has 2 N–H and O–H groups in total. The number of carboxylic acid groups (broad SMARTS) is 1. The van der Waals surface area contributed by atoms with Crippen LogP contribution in [0.2, 0.25) is 0 Å². The zero-order chi connectivity index (χ0) is 15.6. The monoisotopic (exact) mass is 294 g/mol. The quantitative estimate of drug-likeness (QED) is 0.642. The predicted molar refractivity (Wildman–Crippen MR) is 70.5 cm³/mol. The third-order valence-corrected chi connectivity index (χ3v) is 2.87. The summed E-state index contributed by atoms with van der Waals surface area (Å²) < 4.78 is 15.2. The summed E-state index contributed by atoms with van der Waals surface area (Å²) in [6.45, 7) is 0.134. The molecular formula is C12H11FN4O4. The topological polar surface area (TPSA) is 110 Å². The summed E-state index contributed by atoms with van der Waals surface area (Å²) in [5.74, 6) is -2.07. The molecular weight excluding hydrogens is 283 g/mol. The molecule has 0 atom stereocenters. The summed E-state index contributed by atoms with van der Waals surface area (Å²) in [7, 11) is 1.74. The Hall–Kier alpha value is -2.97. The molecule has 2 aromatic rings. The van der Waals surface area contributed by atoms with Gasteiger partial charge < -0.3 is 15.0 Å². The van der Waals surface area contributed by atoms with Gasteiger partial charge in [-0.2, -0.15) is 0 Å². The van der Waals surface area contributed by atoms with Crippen LogP contribution in [0.15, 0.2) is 24.5 Å². The Balaban J connectivity index is 2.36. The molecule has 0 bridgehead atoms. The molecule has 0 aliphatic carbocycles. The number of halogens is 1. The van der Waals surface area contributed by atoms with Crippen molar-refractivity contribution in [2.24, 2.45) is 7.05 Å². The molecule has 8 nitrogen and oxygen atoms in total. The summed E-state index contributed by atoms with van der Waals surface area (Å²) in [5, 5.41) is 22.5. The molecule has 1 aromatic carbocycles. The van der Waals surface area contributed by atoms with Crippen molar-refractivity contribution in [2.45, 2.75) is 6.54 Å². The van der Waals surface area contributed by atoms with Crippen molar-refractivity contribution in [1.82, 2.24) is 9.55 Å². The minimum absolute atomic E-state index is 0.0817. The summed E-state index contributed by atoms with van der Waals surface area (Å²) >= 11 is 0. The molecule has 0 aliphatic heterocycles. The fourth-order valence-electron chi connectivity index (χ4n) is 1.76. The van der Waals surface area contributed by atoms with Crippen molar-refractivity contribution < 1.29 is 19.2 Å². The van der Waals surface area contributed by atoms with E-state index in [-0.39, 0.29) is 12.2 Å². The number of benzene rings is 1. The van der Waals surface area contributed by atoms with E-state index in [2.05, 4.69) is 10.3 Å². The highest BCUT2D eigenvalue weighted by atomic mass is 19.1. The Morgan fingerprint density at radius 3 is 2.81 bits per heavy atom. The lowest BCUT2D eigenvalue weighted by atomic mass is 10.1. The van der Waals surface area contributed by atoms with Gasteiger partial charge in [0.05, 0.1) is 23.1 Å². The second-order valence-electron chi connectivity index (χ2n) is 4.22. The fraction of sp³-hybridized carbons (Fsp3) is 0.167. The molecule has 1 heterocycles. The fourth-order valence-corrected chi connectivity index (χ4v) is 1.76. The van der Waals surface area contributed by atoms with Crippen molar-refractivity contribution in [3.8, 4) is 0 Å². The number of aryl methyl sites for hydroxylation is 1. The molecule has 1 aromatic heterocycles. The van der Waals surface area contributed by atoms with Gasteiger partial charge in [0, 0.05) is 19.4 Å². The molecule has 0 saturated heterocycles. The number of hydrogen-bond acceptors (Lipinski definition) is 5. The molecule has 0 unspecified atom stereocenters. The largest absolute Gasteiger partial charge is 0.478 e. The van der Waals surface area contributed by atoms with E-state index in [0.29, 0.717) is 11.9 Å². The number of nitrogens with zero attached hydrogens (tertiary/aromatic N) is 3. The van der Waals surface area contributed by atoms with Gasteiger partial charge in [-0.05, 0) is 6.07 Å². The van der Waals surface area contributed by atoms with Crippen LogP contribution in [-0.2, 0) is 13.6 Å². The lowest BCUT2D eigenvalue weighted by molar-refractivity contribution is -0.384. The van der Waals surface area contributed by atoms with Gasteiger partial charge in [-0.3, -0.25) is 10.1 Å². The van der Waals surface area contributed by atoms with Gasteiger partial charge in [-0.1, -0.05) is 0 Å². The van der Waals surface area contributed by atoms with Gasteiger partial charge in [0.1, 0.15) is 17.3 Å². The number of aromatic nitrogens is 2. The van der Waals surface area contributed by atoms with Crippen LogP contribution in [0.3, 0.4) is 0 Å². The Morgan fingerprint density at radius 1 is 1.57 bits per heavy atom. The number of aromatic carboxylic acids is 1. The van der Waals surface area contributed by atoms with Gasteiger partial charge >= 0.3 is 5.97 Å². The van der Waals surface area contributed by atoms with Gasteiger partial charge in [0.2, 0.25) is 0 Å². The average molecular weight is 294 g/mol. The molecule has 0 radical (unpaired) electrons. The summed E-state index contributed by atoms with van der Waals surface area (Å²) in [5.41, 5.74) is -1.25. The predicted octanol–water partition coefficient (Wildman–Crippen LogP) is 1.78. The van der Waals surface area contributed by atoms with Crippen LogP contribution in [0.5, 0.6) is 0 Å². The summed E-state index contributed by atoms with van der Waals surface area (Å²) in [6, 6.07) is 1.49. The van der Waals surface area contributed by atoms with Crippen LogP contribution in [0.4, 0.5) is 15.8 Å². The first-order valence-corrected chi connectivity index (χ1v) is 5.81. The second kappa shape index (κ2) is 5.57. The Labute approximate surface area is 118 Å². The first-order chi connectivity index (χ1) is 9.90. The summed E-state index contributed by atoms with van der Waals surface area (Å²) in [4.78, 5) is 25.0. The molecule has 0 saturated carbocycles. The number of nitrogens with one attached hydrogen (secondary N) is 1. The number of carbonyl (C=O) groups is 1. The standard InChI is InChI=1S/C12H11FN4O4/c1-16-3-2-14-11(16)6-15-9-4-7(12(18)19)8(13)5-10(9)17(20)21/h2-5,15H,6H2,1H3,(H,18,19). The van der Waals surface area contributed by atoms with E-state index in [0.717, 1.165) is 6.07 Å². The highest BCUT2D eigenvalue weighted by Gasteiger charge is 2.21. The van der Waals surface area contributed by atoms with Crippen molar-refractivity contribution in [1.29, 1.82) is 0 Å². The molecule has 2 rings (SSSR count). The number of anilines is 1. The van der Waals surface area contributed by atoms with Gasteiger partial charge in [-0.25, -0.2) is 14.2 Å². The number of nitro benzene ring substituents is 1. The van der Waals surface area contributed by atoms with Crippen LogP contribution in [0.25, 0.3) is 0 Å². The molecule has 0 amide bonds. The van der Waals surface area contributed by atoms with Crippen LogP contribution in [0.1, 0.15) is 16.2 Å². The van der Waals surface area contributed by atoms with Crippen LogP contribution in [-0.4, -0.2) is 25.6 Å². The van der Waals surface area contributed by atoms with Gasteiger partial charge in [0.25, 0.3) is 5.69 Å². The van der Waals surface area contributed by atoms with E-state index in [4.69, 9.17) is 5.11 Å². The Bertz CT molecular complexity index is 713. The zero-order valence-electron chi connectivity index (χ0n) is 10.9. The number of hydrogen-bond donors (Lipinski definition) is 2. The molecule has 21 heavy (non-hydrogen) atoms. The third-order valence-electron chi connectivity index (χ3n) is 2.87. The van der Waals surface area contributed by atoms with Gasteiger partial charge in [0.15, 0.2) is 0 Å². The van der Waals surface area contributed by atoms with E-state index < -0.39 is 28.0 Å². The van der Waals surface area contributed by atoms with Crippen LogP contribution in [0, 0.1) is 15.9 Å². The number of rotatable bonds is 5. The first-order valence-electron chi connectivity index (χ1n) is 5.81. The molecule has 110 valence electrons. The lowest BCUT2D eigenvalue weighted by Crippen LogP contribution is -2.09. The normalized spacial score (nSPS) is 10.4. The average Bonchev–Trinajstić information content (AvgIpc) is 2.82. The van der Waals surface area contributed by atoms with Crippen molar-refractivity contribution in [3.63, 3.8) is 0 Å². The smallest absolute Gasteiger partial charge is 0.338 e. The molecule has 9 heteroatoms. The Kier molecular flexibility index (Phi) is 3.83. The molecule has 0 fully saturated rings. The van der Waals surface area contributed by atoms with E-state index in [1.165, 1.54) is 0 Å². The number of nitro groups is 1. The first kappa shape index (κ1) is 14.4. The van der Waals surface area contributed by atoms with E-state index in [9.17, 15) is 19.3 Å². The maximum Gasteiger partial charge on any atom is 0.338 e. The zero-order valence-corrected chi connectivity index (χ0v) is 10.9. The lowest BCUT2D eigenvalue weighted by Gasteiger charge is -2.08.